The van der Waals surface area contributed by atoms with E-state index in [2.05, 4.69) is 10.0 Å². The SMILES string of the molecule is COc1ccc(NC(=O)[C@@H](CC(C)C)NS(=O)(=O)c2ccc3c(c2)oc(=O)n3C)cc1OC. The Labute approximate surface area is 191 Å². The summed E-state index contributed by atoms with van der Waals surface area (Å²) in [5, 5.41) is 2.72. The number of rotatable bonds is 9. The summed E-state index contributed by atoms with van der Waals surface area (Å²) in [6.07, 6.45) is 0.265. The van der Waals surface area contributed by atoms with Gasteiger partial charge in [0.25, 0.3) is 0 Å². The normalized spacial score (nSPS) is 12.7. The highest BCUT2D eigenvalue weighted by Gasteiger charge is 2.27. The van der Waals surface area contributed by atoms with Crippen LogP contribution in [0.25, 0.3) is 11.1 Å². The molecule has 2 N–H and O–H groups in total. The maximum Gasteiger partial charge on any atom is 0.419 e. The van der Waals surface area contributed by atoms with E-state index in [4.69, 9.17) is 13.9 Å². The van der Waals surface area contributed by atoms with Crippen molar-refractivity contribution in [1.82, 2.24) is 9.29 Å². The van der Waals surface area contributed by atoms with Gasteiger partial charge < -0.3 is 19.2 Å². The van der Waals surface area contributed by atoms with E-state index in [0.29, 0.717) is 22.7 Å². The van der Waals surface area contributed by atoms with Crippen molar-refractivity contribution in [1.29, 1.82) is 0 Å². The van der Waals surface area contributed by atoms with Gasteiger partial charge in [-0.15, -0.1) is 0 Å². The van der Waals surface area contributed by atoms with Crippen molar-refractivity contribution in [2.45, 2.75) is 31.2 Å². The lowest BCUT2D eigenvalue weighted by molar-refractivity contribution is -0.118. The topological polar surface area (TPSA) is 129 Å². The quantitative estimate of drug-likeness (QED) is 0.484. The fourth-order valence-corrected chi connectivity index (χ4v) is 4.58. The number of sulfonamides is 1. The Balaban J connectivity index is 1.86. The molecule has 11 heteroatoms. The first-order valence-electron chi connectivity index (χ1n) is 10.2. The number of methoxy groups -OCH3 is 2. The second-order valence-corrected chi connectivity index (χ2v) is 9.63. The van der Waals surface area contributed by atoms with Crippen LogP contribution in [-0.2, 0) is 21.9 Å². The van der Waals surface area contributed by atoms with Gasteiger partial charge in [0.1, 0.15) is 6.04 Å². The number of amides is 1. The third-order valence-electron chi connectivity index (χ3n) is 5.05. The average molecular weight is 478 g/mol. The molecule has 1 heterocycles. The van der Waals surface area contributed by atoms with Crippen LogP contribution in [0, 0.1) is 5.92 Å². The zero-order chi connectivity index (χ0) is 24.3. The second kappa shape index (κ2) is 9.67. The summed E-state index contributed by atoms with van der Waals surface area (Å²) in [7, 11) is 0.416. The van der Waals surface area contributed by atoms with Crippen LogP contribution >= 0.6 is 0 Å². The summed E-state index contributed by atoms with van der Waals surface area (Å²) in [4.78, 5) is 24.6. The molecule has 0 fully saturated rings. The summed E-state index contributed by atoms with van der Waals surface area (Å²) in [5.74, 6) is -0.165. The van der Waals surface area contributed by atoms with Gasteiger partial charge in [-0.1, -0.05) is 13.8 Å². The first kappa shape index (κ1) is 24.3. The summed E-state index contributed by atoms with van der Waals surface area (Å²) in [6.45, 7) is 3.77. The molecule has 1 atom stereocenters. The molecule has 0 aliphatic carbocycles. The molecule has 10 nitrogen and oxygen atoms in total. The predicted octanol–water partition coefficient (Wildman–Crippen LogP) is 2.48. The van der Waals surface area contributed by atoms with Crippen molar-refractivity contribution in [2.75, 3.05) is 19.5 Å². The van der Waals surface area contributed by atoms with E-state index in [1.165, 1.54) is 44.0 Å². The number of nitrogens with zero attached hydrogens (tertiary/aromatic N) is 1. The van der Waals surface area contributed by atoms with Gasteiger partial charge in [-0.2, -0.15) is 4.72 Å². The number of benzene rings is 2. The summed E-state index contributed by atoms with van der Waals surface area (Å²) in [5.41, 5.74) is 1.03. The third kappa shape index (κ3) is 5.37. The van der Waals surface area contributed by atoms with Gasteiger partial charge >= 0.3 is 5.76 Å². The molecule has 0 aliphatic rings. The van der Waals surface area contributed by atoms with Crippen LogP contribution in [0.15, 0.2) is 50.5 Å². The molecule has 2 aromatic carbocycles. The average Bonchev–Trinajstić information content (AvgIpc) is 3.05. The molecular weight excluding hydrogens is 450 g/mol. The number of ether oxygens (including phenoxy) is 2. The molecular formula is C22H27N3O7S. The van der Waals surface area contributed by atoms with Crippen LogP contribution in [0.3, 0.4) is 0 Å². The van der Waals surface area contributed by atoms with Crippen LogP contribution in [0.2, 0.25) is 0 Å². The van der Waals surface area contributed by atoms with Gasteiger partial charge in [-0.25, -0.2) is 13.2 Å². The maximum absolute atomic E-state index is 13.0. The number of carbonyl (C=O) groups is 1. The number of oxazole rings is 1. The number of carbonyl (C=O) groups excluding carboxylic acids is 1. The molecule has 0 spiro atoms. The van der Waals surface area contributed by atoms with Gasteiger partial charge in [-0.05, 0) is 36.6 Å². The summed E-state index contributed by atoms with van der Waals surface area (Å²) >= 11 is 0. The van der Waals surface area contributed by atoms with E-state index in [1.807, 2.05) is 13.8 Å². The van der Waals surface area contributed by atoms with Crippen molar-refractivity contribution in [3.05, 3.63) is 46.9 Å². The molecule has 178 valence electrons. The first-order valence-corrected chi connectivity index (χ1v) is 11.7. The lowest BCUT2D eigenvalue weighted by atomic mass is 10.0. The predicted molar refractivity (Wildman–Crippen MR) is 123 cm³/mol. The molecule has 0 bridgehead atoms. The monoisotopic (exact) mass is 477 g/mol. The van der Waals surface area contributed by atoms with Crippen molar-refractivity contribution >= 4 is 32.7 Å². The van der Waals surface area contributed by atoms with Crippen molar-refractivity contribution < 1.29 is 27.1 Å². The number of aryl methyl sites for hydroxylation is 1. The molecule has 0 radical (unpaired) electrons. The zero-order valence-electron chi connectivity index (χ0n) is 19.0. The van der Waals surface area contributed by atoms with E-state index >= 15 is 0 Å². The van der Waals surface area contributed by atoms with E-state index < -0.39 is 27.7 Å². The van der Waals surface area contributed by atoms with E-state index in [1.54, 1.807) is 18.2 Å². The second-order valence-electron chi connectivity index (χ2n) is 7.92. The van der Waals surface area contributed by atoms with Crippen molar-refractivity contribution in [2.24, 2.45) is 13.0 Å². The number of aromatic nitrogens is 1. The van der Waals surface area contributed by atoms with Gasteiger partial charge in [0.2, 0.25) is 15.9 Å². The minimum absolute atomic E-state index is 0.0310. The smallest absolute Gasteiger partial charge is 0.419 e. The number of hydrogen-bond acceptors (Lipinski definition) is 7. The Morgan fingerprint density at radius 2 is 1.79 bits per heavy atom. The van der Waals surface area contributed by atoms with Crippen LogP contribution in [-0.4, -0.2) is 39.2 Å². The van der Waals surface area contributed by atoms with Crippen LogP contribution in [0.5, 0.6) is 11.5 Å². The molecule has 0 saturated carbocycles. The lowest BCUT2D eigenvalue weighted by Gasteiger charge is -2.20. The Kier molecular flexibility index (Phi) is 7.13. The highest BCUT2D eigenvalue weighted by Crippen LogP contribution is 2.30. The molecule has 0 aliphatic heterocycles. The highest BCUT2D eigenvalue weighted by atomic mass is 32.2. The Morgan fingerprint density at radius 1 is 1.09 bits per heavy atom. The van der Waals surface area contributed by atoms with E-state index in [-0.39, 0.29) is 22.8 Å². The van der Waals surface area contributed by atoms with Crippen molar-refractivity contribution in [3.8, 4) is 11.5 Å². The minimum Gasteiger partial charge on any atom is -0.493 e. The number of anilines is 1. The highest BCUT2D eigenvalue weighted by molar-refractivity contribution is 7.89. The van der Waals surface area contributed by atoms with Gasteiger partial charge in [0.15, 0.2) is 17.1 Å². The Morgan fingerprint density at radius 3 is 2.42 bits per heavy atom. The fourth-order valence-electron chi connectivity index (χ4n) is 3.36. The molecule has 0 saturated heterocycles. The molecule has 0 unspecified atom stereocenters. The van der Waals surface area contributed by atoms with E-state index in [9.17, 15) is 18.0 Å². The zero-order valence-corrected chi connectivity index (χ0v) is 19.9. The van der Waals surface area contributed by atoms with E-state index in [0.717, 1.165) is 0 Å². The number of hydrogen-bond donors (Lipinski definition) is 2. The molecule has 1 amide bonds. The standard InChI is InChI=1S/C22H27N3O7S/c1-13(2)10-16(21(26)23-14-6-9-18(30-4)20(11-14)31-5)24-33(28,29)15-7-8-17-19(12-15)32-22(27)25(17)3/h6-9,11-13,16,24H,10H2,1-5H3,(H,23,26)/t16-/m1/s1. The van der Waals surface area contributed by atoms with Crippen LogP contribution in [0.1, 0.15) is 20.3 Å². The molecule has 3 rings (SSSR count). The Bertz CT molecular complexity index is 1330. The minimum atomic E-state index is -4.09. The fraction of sp³-hybridized carbons (Fsp3) is 0.364. The van der Waals surface area contributed by atoms with Crippen LogP contribution in [0.4, 0.5) is 5.69 Å². The third-order valence-corrected chi connectivity index (χ3v) is 6.52. The molecule has 33 heavy (non-hydrogen) atoms. The van der Waals surface area contributed by atoms with Crippen molar-refractivity contribution in [3.63, 3.8) is 0 Å². The van der Waals surface area contributed by atoms with Gasteiger partial charge in [-0.3, -0.25) is 9.36 Å². The van der Waals surface area contributed by atoms with Gasteiger partial charge in [0.05, 0.1) is 24.6 Å². The first-order chi connectivity index (χ1) is 15.6. The maximum atomic E-state index is 13.0. The molecule has 1 aromatic heterocycles. The Hall–Kier alpha value is -3.31. The van der Waals surface area contributed by atoms with Crippen LogP contribution < -0.4 is 25.3 Å². The molecule has 3 aromatic rings. The summed E-state index contributed by atoms with van der Waals surface area (Å²) < 4.78 is 45.4. The number of nitrogens with one attached hydrogen (secondary N) is 2. The largest absolute Gasteiger partial charge is 0.493 e. The summed E-state index contributed by atoms with van der Waals surface area (Å²) in [6, 6.07) is 7.92. The number of fused-ring (bicyclic) bond motifs is 1. The lowest BCUT2D eigenvalue weighted by Crippen LogP contribution is -2.44. The van der Waals surface area contributed by atoms with Gasteiger partial charge in [0, 0.05) is 24.9 Å².